The molecular formula is C17H23N3O2. The van der Waals surface area contributed by atoms with Crippen molar-refractivity contribution >= 4 is 0 Å². The summed E-state index contributed by atoms with van der Waals surface area (Å²) in [6, 6.07) is 10.0. The molecule has 1 aromatic heterocycles. The third-order valence-electron chi connectivity index (χ3n) is 4.36. The molecule has 0 amide bonds. The van der Waals surface area contributed by atoms with Gasteiger partial charge in [0, 0.05) is 11.6 Å². The topological polar surface area (TPSA) is 62.4 Å². The molecule has 1 aromatic carbocycles. The highest BCUT2D eigenvalue weighted by Crippen LogP contribution is 2.23. The number of likely N-dealkylation sites (tertiary alicyclic amines) is 1. The smallest absolute Gasteiger partial charge is 0.257 e. The second kappa shape index (κ2) is 7.03. The second-order valence-electron chi connectivity index (χ2n) is 5.89. The first-order valence-corrected chi connectivity index (χ1v) is 8.08. The zero-order valence-electron chi connectivity index (χ0n) is 13.0. The van der Waals surface area contributed by atoms with Gasteiger partial charge in [-0.2, -0.15) is 4.98 Å². The van der Waals surface area contributed by atoms with Gasteiger partial charge < -0.3 is 9.63 Å². The van der Waals surface area contributed by atoms with Crippen LogP contribution in [0.2, 0.25) is 0 Å². The van der Waals surface area contributed by atoms with Crippen LogP contribution < -0.4 is 0 Å². The van der Waals surface area contributed by atoms with E-state index in [1.165, 1.54) is 6.42 Å². The van der Waals surface area contributed by atoms with Gasteiger partial charge in [-0.05, 0) is 37.9 Å². The van der Waals surface area contributed by atoms with Crippen LogP contribution in [0.15, 0.2) is 34.9 Å². The van der Waals surface area contributed by atoms with Crippen LogP contribution in [0, 0.1) is 0 Å². The molecule has 118 valence electrons. The van der Waals surface area contributed by atoms with Gasteiger partial charge in [0.1, 0.15) is 0 Å². The fourth-order valence-electron chi connectivity index (χ4n) is 3.12. The fraction of sp³-hybridized carbons (Fsp3) is 0.529. The van der Waals surface area contributed by atoms with Gasteiger partial charge in [0.2, 0.25) is 0 Å². The minimum atomic E-state index is -0.277. The molecule has 5 heteroatoms. The normalized spacial score (nSPS) is 20.9. The Bertz CT molecular complexity index is 585. The Hall–Kier alpha value is -1.72. The first-order chi connectivity index (χ1) is 10.8. The van der Waals surface area contributed by atoms with E-state index in [-0.39, 0.29) is 12.1 Å². The van der Waals surface area contributed by atoms with Crippen LogP contribution in [0.5, 0.6) is 0 Å². The van der Waals surface area contributed by atoms with Gasteiger partial charge in [0.05, 0.1) is 12.6 Å². The van der Waals surface area contributed by atoms with E-state index in [0.29, 0.717) is 18.3 Å². The summed E-state index contributed by atoms with van der Waals surface area (Å²) in [5.41, 5.74) is 0.935. The Balaban J connectivity index is 1.71. The number of hydrogen-bond acceptors (Lipinski definition) is 5. The zero-order chi connectivity index (χ0) is 15.4. The van der Waals surface area contributed by atoms with Crippen molar-refractivity contribution in [1.29, 1.82) is 0 Å². The maximum Gasteiger partial charge on any atom is 0.257 e. The highest BCUT2D eigenvalue weighted by atomic mass is 16.5. The average Bonchev–Trinajstić information content (AvgIpc) is 3.04. The van der Waals surface area contributed by atoms with Crippen molar-refractivity contribution in [2.24, 2.45) is 0 Å². The lowest BCUT2D eigenvalue weighted by Gasteiger charge is -2.37. The van der Waals surface area contributed by atoms with E-state index >= 15 is 0 Å². The van der Waals surface area contributed by atoms with Gasteiger partial charge in [0.15, 0.2) is 5.82 Å². The number of piperidine rings is 1. The summed E-state index contributed by atoms with van der Waals surface area (Å²) in [4.78, 5) is 6.78. The summed E-state index contributed by atoms with van der Waals surface area (Å²) >= 11 is 0. The van der Waals surface area contributed by atoms with Crippen LogP contribution in [0.1, 0.15) is 38.4 Å². The minimum Gasteiger partial charge on any atom is -0.392 e. The summed E-state index contributed by atoms with van der Waals surface area (Å²) in [6.07, 6.45) is 3.89. The van der Waals surface area contributed by atoms with Gasteiger partial charge >= 0.3 is 0 Å². The van der Waals surface area contributed by atoms with E-state index in [9.17, 15) is 5.11 Å². The van der Waals surface area contributed by atoms with E-state index in [2.05, 4.69) is 15.0 Å². The highest BCUT2D eigenvalue weighted by molar-refractivity contribution is 5.51. The van der Waals surface area contributed by atoms with Crippen LogP contribution in [-0.4, -0.2) is 38.8 Å². The molecule has 2 unspecified atom stereocenters. The number of aromatic nitrogens is 2. The number of nitrogens with zero attached hydrogens (tertiary/aromatic N) is 3. The highest BCUT2D eigenvalue weighted by Gasteiger charge is 2.28. The lowest BCUT2D eigenvalue weighted by Crippen LogP contribution is -2.46. The third-order valence-corrected chi connectivity index (χ3v) is 4.36. The molecule has 22 heavy (non-hydrogen) atoms. The monoisotopic (exact) mass is 301 g/mol. The van der Waals surface area contributed by atoms with E-state index in [1.54, 1.807) is 0 Å². The molecule has 1 aliphatic rings. The predicted molar refractivity (Wildman–Crippen MR) is 84.1 cm³/mol. The number of benzene rings is 1. The number of hydrogen-bond donors (Lipinski definition) is 1. The molecule has 1 saturated heterocycles. The molecule has 1 N–H and O–H groups in total. The summed E-state index contributed by atoms with van der Waals surface area (Å²) in [6.45, 7) is 3.65. The van der Waals surface area contributed by atoms with Crippen molar-refractivity contribution in [1.82, 2.24) is 15.0 Å². The van der Waals surface area contributed by atoms with Crippen molar-refractivity contribution in [2.75, 3.05) is 6.54 Å². The average molecular weight is 301 g/mol. The van der Waals surface area contributed by atoms with Crippen molar-refractivity contribution in [2.45, 2.75) is 51.3 Å². The Labute approximate surface area is 131 Å². The maximum absolute atomic E-state index is 10.2. The number of rotatable bonds is 5. The molecular weight excluding hydrogens is 278 g/mol. The van der Waals surface area contributed by atoms with Gasteiger partial charge in [-0.3, -0.25) is 4.90 Å². The summed E-state index contributed by atoms with van der Waals surface area (Å²) in [5, 5.41) is 14.3. The maximum atomic E-state index is 10.2. The molecule has 3 rings (SSSR count). The van der Waals surface area contributed by atoms with Gasteiger partial charge in [-0.15, -0.1) is 0 Å². The molecule has 0 spiro atoms. The van der Waals surface area contributed by atoms with Crippen molar-refractivity contribution in [3.05, 3.63) is 36.2 Å². The summed E-state index contributed by atoms with van der Waals surface area (Å²) < 4.78 is 5.36. The van der Waals surface area contributed by atoms with Crippen LogP contribution in [0.25, 0.3) is 11.5 Å². The van der Waals surface area contributed by atoms with E-state index in [1.807, 2.05) is 37.3 Å². The quantitative estimate of drug-likeness (QED) is 0.920. The summed E-state index contributed by atoms with van der Waals surface area (Å²) in [7, 11) is 0. The Morgan fingerprint density at radius 3 is 2.91 bits per heavy atom. The summed E-state index contributed by atoms with van der Waals surface area (Å²) in [5.74, 6) is 1.24. The molecule has 0 saturated carbocycles. The molecule has 1 fully saturated rings. The number of aliphatic hydroxyl groups is 1. The molecule has 1 aliphatic heterocycles. The first kappa shape index (κ1) is 15.2. The molecule has 0 radical (unpaired) electrons. The standard InChI is InChI=1S/C17H23N3O2/c1-2-15(21)14-10-6-7-11-20(14)12-16-18-17(22-19-16)13-8-4-3-5-9-13/h3-5,8-9,14-15,21H,2,6-7,10-12H2,1H3. The Morgan fingerprint density at radius 2 is 2.14 bits per heavy atom. The Kier molecular flexibility index (Phi) is 4.85. The largest absolute Gasteiger partial charge is 0.392 e. The lowest BCUT2D eigenvalue weighted by molar-refractivity contribution is 0.0179. The number of aliphatic hydroxyl groups excluding tert-OH is 1. The van der Waals surface area contributed by atoms with Gasteiger partial charge in [-0.1, -0.05) is 36.7 Å². The van der Waals surface area contributed by atoms with Crippen LogP contribution in [-0.2, 0) is 6.54 Å². The van der Waals surface area contributed by atoms with E-state index < -0.39 is 0 Å². The second-order valence-corrected chi connectivity index (χ2v) is 5.89. The van der Waals surface area contributed by atoms with Gasteiger partial charge in [-0.25, -0.2) is 0 Å². The molecule has 0 aliphatic carbocycles. The third kappa shape index (κ3) is 3.36. The van der Waals surface area contributed by atoms with Crippen molar-refractivity contribution in [3.63, 3.8) is 0 Å². The lowest BCUT2D eigenvalue weighted by atomic mass is 9.96. The van der Waals surface area contributed by atoms with Crippen LogP contribution in [0.3, 0.4) is 0 Å². The first-order valence-electron chi connectivity index (χ1n) is 8.08. The minimum absolute atomic E-state index is 0.206. The molecule has 2 aromatic rings. The molecule has 5 nitrogen and oxygen atoms in total. The Morgan fingerprint density at radius 1 is 1.32 bits per heavy atom. The molecule has 2 heterocycles. The van der Waals surface area contributed by atoms with E-state index in [0.717, 1.165) is 31.4 Å². The zero-order valence-corrected chi connectivity index (χ0v) is 13.0. The molecule has 2 atom stereocenters. The predicted octanol–water partition coefficient (Wildman–Crippen LogP) is 2.86. The molecule has 0 bridgehead atoms. The van der Waals surface area contributed by atoms with E-state index in [4.69, 9.17) is 4.52 Å². The van der Waals surface area contributed by atoms with Crippen molar-refractivity contribution < 1.29 is 9.63 Å². The van der Waals surface area contributed by atoms with Crippen molar-refractivity contribution in [3.8, 4) is 11.5 Å². The fourth-order valence-corrected chi connectivity index (χ4v) is 3.12. The van der Waals surface area contributed by atoms with Crippen LogP contribution in [0.4, 0.5) is 0 Å². The van der Waals surface area contributed by atoms with Crippen LogP contribution >= 0.6 is 0 Å². The van der Waals surface area contributed by atoms with Gasteiger partial charge in [0.25, 0.3) is 5.89 Å². The SMILES string of the molecule is CCC(O)C1CCCCN1Cc1noc(-c2ccccc2)n1.